The van der Waals surface area contributed by atoms with E-state index in [0.717, 1.165) is 11.4 Å². The molecule has 1 heterocycles. The van der Waals surface area contributed by atoms with Crippen LogP contribution >= 0.6 is 12.2 Å². The van der Waals surface area contributed by atoms with Crippen LogP contribution in [0.1, 0.15) is 5.69 Å². The minimum atomic E-state index is -0.313. The Labute approximate surface area is 122 Å². The zero-order valence-corrected chi connectivity index (χ0v) is 11.7. The lowest BCUT2D eigenvalue weighted by atomic mass is 10.3. The van der Waals surface area contributed by atoms with Crippen LogP contribution in [0.3, 0.4) is 0 Å². The van der Waals surface area contributed by atoms with Gasteiger partial charge in [-0.1, -0.05) is 6.07 Å². The molecule has 1 aromatic heterocycles. The van der Waals surface area contributed by atoms with Gasteiger partial charge in [0.25, 0.3) is 0 Å². The number of thiocarbonyl (C=S) groups is 1. The van der Waals surface area contributed by atoms with Gasteiger partial charge in [-0.15, -0.1) is 0 Å². The van der Waals surface area contributed by atoms with E-state index in [2.05, 4.69) is 15.6 Å². The Kier molecular flexibility index (Phi) is 4.84. The summed E-state index contributed by atoms with van der Waals surface area (Å²) in [7, 11) is 1.60. The molecule has 6 heteroatoms. The molecule has 4 nitrogen and oxygen atoms in total. The van der Waals surface area contributed by atoms with E-state index in [9.17, 15) is 4.39 Å². The van der Waals surface area contributed by atoms with Crippen LogP contribution < -0.4 is 15.4 Å². The number of aromatic nitrogens is 1. The monoisotopic (exact) mass is 291 g/mol. The summed E-state index contributed by atoms with van der Waals surface area (Å²) < 4.78 is 18.1. The van der Waals surface area contributed by atoms with Gasteiger partial charge in [0.1, 0.15) is 11.6 Å². The molecule has 0 bridgehead atoms. The number of methoxy groups -OCH3 is 1. The van der Waals surface area contributed by atoms with Crippen molar-refractivity contribution in [1.29, 1.82) is 0 Å². The molecule has 2 aromatic rings. The van der Waals surface area contributed by atoms with Crippen LogP contribution in [0.5, 0.6) is 5.75 Å². The van der Waals surface area contributed by atoms with Gasteiger partial charge in [-0.3, -0.25) is 4.98 Å². The molecule has 0 aliphatic heterocycles. The number of hydrogen-bond donors (Lipinski definition) is 2. The zero-order chi connectivity index (χ0) is 14.4. The van der Waals surface area contributed by atoms with Crippen molar-refractivity contribution in [2.45, 2.75) is 6.54 Å². The maximum atomic E-state index is 13.0. The fourth-order valence-corrected chi connectivity index (χ4v) is 1.78. The molecular formula is C14H14FN3OS. The van der Waals surface area contributed by atoms with Gasteiger partial charge in [-0.25, -0.2) is 4.39 Å². The molecule has 2 rings (SSSR count). The Morgan fingerprint density at radius 3 is 2.95 bits per heavy atom. The van der Waals surface area contributed by atoms with E-state index in [0.29, 0.717) is 17.3 Å². The van der Waals surface area contributed by atoms with E-state index < -0.39 is 0 Å². The number of rotatable bonds is 4. The van der Waals surface area contributed by atoms with Gasteiger partial charge in [-0.2, -0.15) is 0 Å². The van der Waals surface area contributed by atoms with Gasteiger partial charge in [-0.05, 0) is 36.5 Å². The zero-order valence-electron chi connectivity index (χ0n) is 10.9. The first-order valence-electron chi connectivity index (χ1n) is 5.97. The van der Waals surface area contributed by atoms with Gasteiger partial charge in [0.15, 0.2) is 5.11 Å². The Hall–Kier alpha value is -2.21. The summed E-state index contributed by atoms with van der Waals surface area (Å²) in [6, 6.07) is 9.69. The van der Waals surface area contributed by atoms with Gasteiger partial charge in [0.05, 0.1) is 19.3 Å². The maximum Gasteiger partial charge on any atom is 0.171 e. The average molecular weight is 291 g/mol. The first kappa shape index (κ1) is 14.2. The number of nitrogens with zero attached hydrogens (tertiary/aromatic N) is 1. The molecule has 0 spiro atoms. The maximum absolute atomic E-state index is 13.0. The first-order valence-corrected chi connectivity index (χ1v) is 6.37. The van der Waals surface area contributed by atoms with Crippen LogP contribution in [0.15, 0.2) is 42.6 Å². The second-order valence-corrected chi connectivity index (χ2v) is 4.41. The highest BCUT2D eigenvalue weighted by Gasteiger charge is 2.01. The van der Waals surface area contributed by atoms with Crippen LogP contribution in [0.2, 0.25) is 0 Å². The van der Waals surface area contributed by atoms with E-state index in [1.54, 1.807) is 31.5 Å². The number of nitrogens with one attached hydrogen (secondary N) is 2. The third-order valence-corrected chi connectivity index (χ3v) is 2.78. The van der Waals surface area contributed by atoms with Gasteiger partial charge >= 0.3 is 0 Å². The van der Waals surface area contributed by atoms with Crippen molar-refractivity contribution in [3.63, 3.8) is 0 Å². The molecule has 0 unspecified atom stereocenters. The predicted octanol–water partition coefficient (Wildman–Crippen LogP) is 2.72. The number of ether oxygens (including phenoxy) is 1. The van der Waals surface area contributed by atoms with Gasteiger partial charge < -0.3 is 15.4 Å². The minimum Gasteiger partial charge on any atom is -0.497 e. The summed E-state index contributed by atoms with van der Waals surface area (Å²) in [5, 5.41) is 6.30. The minimum absolute atomic E-state index is 0.313. The normalized spacial score (nSPS) is 9.90. The molecule has 0 saturated heterocycles. The second-order valence-electron chi connectivity index (χ2n) is 4.01. The quantitative estimate of drug-likeness (QED) is 0.848. The Morgan fingerprint density at radius 2 is 2.20 bits per heavy atom. The fourth-order valence-electron chi connectivity index (χ4n) is 1.59. The van der Waals surface area contributed by atoms with E-state index in [4.69, 9.17) is 17.0 Å². The molecule has 104 valence electrons. The van der Waals surface area contributed by atoms with Crippen molar-refractivity contribution >= 4 is 23.0 Å². The summed E-state index contributed by atoms with van der Waals surface area (Å²) in [5.74, 6) is 0.424. The predicted molar refractivity (Wildman–Crippen MR) is 80.2 cm³/mol. The number of pyridine rings is 1. The number of benzene rings is 1. The summed E-state index contributed by atoms with van der Waals surface area (Å²) >= 11 is 5.14. The van der Waals surface area contributed by atoms with E-state index in [1.165, 1.54) is 12.1 Å². The SMILES string of the molecule is COc1ccnc(CNC(=S)Nc2cccc(F)c2)c1. The highest BCUT2D eigenvalue weighted by Crippen LogP contribution is 2.10. The fraction of sp³-hybridized carbons (Fsp3) is 0.143. The van der Waals surface area contributed by atoms with Gasteiger partial charge in [0, 0.05) is 18.0 Å². The molecule has 1 aromatic carbocycles. The summed E-state index contributed by atoms with van der Waals surface area (Å²) in [4.78, 5) is 4.19. The molecule has 20 heavy (non-hydrogen) atoms. The third kappa shape index (κ3) is 4.17. The Morgan fingerprint density at radius 1 is 1.35 bits per heavy atom. The van der Waals surface area contributed by atoms with Crippen molar-refractivity contribution in [1.82, 2.24) is 10.3 Å². The molecule has 0 fully saturated rings. The number of halogens is 1. The van der Waals surface area contributed by atoms with E-state index in [1.807, 2.05) is 6.07 Å². The van der Waals surface area contributed by atoms with Crippen LogP contribution in [0.25, 0.3) is 0 Å². The molecule has 0 radical (unpaired) electrons. The molecule has 0 aliphatic carbocycles. The highest BCUT2D eigenvalue weighted by atomic mass is 32.1. The second kappa shape index (κ2) is 6.81. The molecule has 2 N–H and O–H groups in total. The first-order chi connectivity index (χ1) is 9.67. The van der Waals surface area contributed by atoms with E-state index in [-0.39, 0.29) is 5.82 Å². The highest BCUT2D eigenvalue weighted by molar-refractivity contribution is 7.80. The van der Waals surface area contributed by atoms with Crippen LogP contribution in [-0.4, -0.2) is 17.2 Å². The Balaban J connectivity index is 1.88. The summed E-state index contributed by atoms with van der Waals surface area (Å²) in [6.45, 7) is 0.457. The van der Waals surface area contributed by atoms with Crippen LogP contribution in [-0.2, 0) is 6.54 Å². The van der Waals surface area contributed by atoms with Crippen molar-refractivity contribution < 1.29 is 9.13 Å². The summed E-state index contributed by atoms with van der Waals surface area (Å²) in [5.41, 5.74) is 1.40. The molecule has 0 saturated carbocycles. The van der Waals surface area contributed by atoms with Gasteiger partial charge in [0.2, 0.25) is 0 Å². The Bertz CT molecular complexity index is 606. The molecule has 0 aliphatic rings. The average Bonchev–Trinajstić information content (AvgIpc) is 2.45. The number of hydrogen-bond acceptors (Lipinski definition) is 3. The third-order valence-electron chi connectivity index (χ3n) is 2.54. The largest absolute Gasteiger partial charge is 0.497 e. The molecule has 0 amide bonds. The van der Waals surface area contributed by atoms with Crippen molar-refractivity contribution in [2.75, 3.05) is 12.4 Å². The van der Waals surface area contributed by atoms with Crippen molar-refractivity contribution in [3.8, 4) is 5.75 Å². The van der Waals surface area contributed by atoms with Crippen molar-refractivity contribution in [3.05, 3.63) is 54.1 Å². The van der Waals surface area contributed by atoms with E-state index >= 15 is 0 Å². The van der Waals surface area contributed by atoms with Crippen LogP contribution in [0.4, 0.5) is 10.1 Å². The lowest BCUT2D eigenvalue weighted by Crippen LogP contribution is -2.28. The summed E-state index contributed by atoms with van der Waals surface area (Å²) in [6.07, 6.45) is 1.67. The molecular weight excluding hydrogens is 277 g/mol. The van der Waals surface area contributed by atoms with Crippen LogP contribution in [0, 0.1) is 5.82 Å². The lowest BCUT2D eigenvalue weighted by molar-refractivity contribution is 0.413. The smallest absolute Gasteiger partial charge is 0.171 e. The standard InChI is InChI=1S/C14H14FN3OS/c1-19-13-5-6-16-12(8-13)9-17-14(20)18-11-4-2-3-10(15)7-11/h2-8H,9H2,1H3,(H2,17,18,20). The topological polar surface area (TPSA) is 46.2 Å². The van der Waals surface area contributed by atoms with Crippen molar-refractivity contribution in [2.24, 2.45) is 0 Å². The number of anilines is 1. The lowest BCUT2D eigenvalue weighted by Gasteiger charge is -2.10. The molecule has 0 atom stereocenters.